The molecule has 0 radical (unpaired) electrons. The van der Waals surface area contributed by atoms with Gasteiger partial charge >= 0.3 is 0 Å². The van der Waals surface area contributed by atoms with E-state index in [2.05, 4.69) is 11.9 Å². The van der Waals surface area contributed by atoms with E-state index in [9.17, 15) is 8.42 Å². The van der Waals surface area contributed by atoms with Gasteiger partial charge in [0.15, 0.2) is 0 Å². The minimum Gasteiger partial charge on any atom is -0.303 e. The molecule has 2 aliphatic rings. The summed E-state index contributed by atoms with van der Waals surface area (Å²) in [6, 6.07) is 7.56. The maximum absolute atomic E-state index is 12.9. The van der Waals surface area contributed by atoms with Gasteiger partial charge in [-0.3, -0.25) is 0 Å². The first kappa shape index (κ1) is 14.4. The summed E-state index contributed by atoms with van der Waals surface area (Å²) in [6.07, 6.45) is 3.93. The summed E-state index contributed by atoms with van der Waals surface area (Å²) in [5.74, 6) is 0. The van der Waals surface area contributed by atoms with Crippen molar-refractivity contribution >= 4 is 21.8 Å². The molecular formula is C14H20N2O2S2. The number of hydrogen-bond acceptors (Lipinski definition) is 4. The molecule has 1 aromatic rings. The highest BCUT2D eigenvalue weighted by Gasteiger charge is 2.45. The number of hydrogen-bond donors (Lipinski definition) is 0. The molecule has 0 saturated carbocycles. The van der Waals surface area contributed by atoms with Gasteiger partial charge in [0.2, 0.25) is 10.0 Å². The van der Waals surface area contributed by atoms with Gasteiger partial charge in [-0.1, -0.05) is 6.07 Å². The molecule has 2 aliphatic heterocycles. The van der Waals surface area contributed by atoms with E-state index in [-0.39, 0.29) is 12.1 Å². The van der Waals surface area contributed by atoms with Gasteiger partial charge in [-0.15, -0.1) is 11.8 Å². The number of sulfonamides is 1. The van der Waals surface area contributed by atoms with Crippen LogP contribution in [0.1, 0.15) is 12.8 Å². The van der Waals surface area contributed by atoms with Crippen molar-refractivity contribution in [2.24, 2.45) is 0 Å². The lowest BCUT2D eigenvalue weighted by Gasteiger charge is -2.38. The Balaban J connectivity index is 1.96. The second-order valence-electron chi connectivity index (χ2n) is 5.62. The fourth-order valence-corrected chi connectivity index (χ4v) is 5.78. The van der Waals surface area contributed by atoms with Crippen molar-refractivity contribution < 1.29 is 8.42 Å². The Morgan fingerprint density at radius 3 is 2.45 bits per heavy atom. The summed E-state index contributed by atoms with van der Waals surface area (Å²) in [5.41, 5.74) is 0. The monoisotopic (exact) mass is 312 g/mol. The Morgan fingerprint density at radius 2 is 1.85 bits per heavy atom. The molecule has 0 aliphatic carbocycles. The molecule has 20 heavy (non-hydrogen) atoms. The zero-order valence-electron chi connectivity index (χ0n) is 11.8. The third-order valence-corrected chi connectivity index (χ3v) is 6.94. The zero-order valence-corrected chi connectivity index (χ0v) is 13.5. The number of nitrogens with zero attached hydrogens (tertiary/aromatic N) is 2. The molecule has 110 valence electrons. The summed E-state index contributed by atoms with van der Waals surface area (Å²) in [4.78, 5) is 3.67. The van der Waals surface area contributed by atoms with Crippen molar-refractivity contribution in [3.8, 4) is 0 Å². The van der Waals surface area contributed by atoms with Gasteiger partial charge in [-0.2, -0.15) is 4.31 Å². The van der Waals surface area contributed by atoms with E-state index >= 15 is 0 Å². The van der Waals surface area contributed by atoms with E-state index < -0.39 is 10.0 Å². The molecule has 4 nitrogen and oxygen atoms in total. The van der Waals surface area contributed by atoms with Crippen LogP contribution in [0.4, 0.5) is 0 Å². The second-order valence-corrected chi connectivity index (χ2v) is 8.34. The lowest BCUT2D eigenvalue weighted by Crippen LogP contribution is -2.54. The second kappa shape index (κ2) is 5.33. The van der Waals surface area contributed by atoms with E-state index in [1.54, 1.807) is 28.2 Å². The van der Waals surface area contributed by atoms with Crippen molar-refractivity contribution in [3.63, 3.8) is 0 Å². The minimum atomic E-state index is -3.36. The topological polar surface area (TPSA) is 40.6 Å². The third-order valence-electron chi connectivity index (χ3n) is 4.21. The Morgan fingerprint density at radius 1 is 1.20 bits per heavy atom. The van der Waals surface area contributed by atoms with Gasteiger partial charge < -0.3 is 4.90 Å². The van der Waals surface area contributed by atoms with Gasteiger partial charge in [0.05, 0.1) is 4.90 Å². The highest BCUT2D eigenvalue weighted by molar-refractivity contribution is 7.98. The fourth-order valence-electron chi connectivity index (χ4n) is 3.35. The number of fused-ring (bicyclic) bond motifs is 2. The molecule has 0 spiro atoms. The van der Waals surface area contributed by atoms with Crippen LogP contribution in [0.3, 0.4) is 0 Å². The number of likely N-dealkylation sites (N-methyl/N-ethyl adjacent to an activating group) is 1. The smallest absolute Gasteiger partial charge is 0.243 e. The summed E-state index contributed by atoms with van der Waals surface area (Å²) in [5, 5.41) is 0. The molecule has 2 atom stereocenters. The Hall–Kier alpha value is -0.560. The van der Waals surface area contributed by atoms with Crippen LogP contribution in [0.2, 0.25) is 0 Å². The van der Waals surface area contributed by atoms with Gasteiger partial charge in [0.25, 0.3) is 0 Å². The van der Waals surface area contributed by atoms with Crippen LogP contribution in [0.5, 0.6) is 0 Å². The van der Waals surface area contributed by atoms with E-state index in [0.717, 1.165) is 30.8 Å². The molecule has 1 aromatic carbocycles. The van der Waals surface area contributed by atoms with Gasteiger partial charge in [0, 0.05) is 30.1 Å². The lowest BCUT2D eigenvalue weighted by atomic mass is 10.2. The van der Waals surface area contributed by atoms with Crippen LogP contribution >= 0.6 is 11.8 Å². The number of rotatable bonds is 3. The van der Waals surface area contributed by atoms with Gasteiger partial charge in [0.1, 0.15) is 0 Å². The van der Waals surface area contributed by atoms with Crippen molar-refractivity contribution in [1.82, 2.24) is 9.21 Å². The number of thioether (sulfide) groups is 1. The van der Waals surface area contributed by atoms with Crippen LogP contribution in [-0.4, -0.2) is 56.1 Å². The van der Waals surface area contributed by atoms with Crippen LogP contribution in [-0.2, 0) is 10.0 Å². The van der Waals surface area contributed by atoms with Crippen molar-refractivity contribution in [3.05, 3.63) is 24.3 Å². The molecule has 0 N–H and O–H groups in total. The average Bonchev–Trinajstić information content (AvgIpc) is 2.72. The van der Waals surface area contributed by atoms with Crippen LogP contribution < -0.4 is 0 Å². The SMILES string of the molecule is CSc1cccc(S(=O)(=O)N2C3CCC2CN(C)C3)c1. The zero-order chi connectivity index (χ0) is 14.3. The number of piperazine rings is 1. The first-order chi connectivity index (χ1) is 9.52. The Labute approximate surface area is 125 Å². The molecule has 2 unspecified atom stereocenters. The summed E-state index contributed by atoms with van der Waals surface area (Å²) >= 11 is 1.57. The molecule has 0 aromatic heterocycles. The summed E-state index contributed by atoms with van der Waals surface area (Å²) in [6.45, 7) is 1.69. The Kier molecular flexibility index (Phi) is 3.83. The van der Waals surface area contributed by atoms with E-state index in [0.29, 0.717) is 4.90 Å². The lowest BCUT2D eigenvalue weighted by molar-refractivity contribution is 0.154. The highest BCUT2D eigenvalue weighted by Crippen LogP contribution is 2.35. The fraction of sp³-hybridized carbons (Fsp3) is 0.571. The number of likely N-dealkylation sites (tertiary alicyclic amines) is 1. The molecule has 6 heteroatoms. The quantitative estimate of drug-likeness (QED) is 0.799. The van der Waals surface area contributed by atoms with Crippen LogP contribution in [0.15, 0.2) is 34.1 Å². The van der Waals surface area contributed by atoms with E-state index in [1.165, 1.54) is 0 Å². The summed E-state index contributed by atoms with van der Waals surface area (Å²) < 4.78 is 27.6. The van der Waals surface area contributed by atoms with Crippen molar-refractivity contribution in [2.45, 2.75) is 34.7 Å². The van der Waals surface area contributed by atoms with Gasteiger partial charge in [-0.05, 0) is 44.3 Å². The normalized spacial score (nSPS) is 27.9. The minimum absolute atomic E-state index is 0.140. The first-order valence-electron chi connectivity index (χ1n) is 6.88. The Bertz CT molecular complexity index is 589. The third kappa shape index (κ3) is 2.39. The molecular weight excluding hydrogens is 292 g/mol. The van der Waals surface area contributed by atoms with Crippen LogP contribution in [0, 0.1) is 0 Å². The maximum atomic E-state index is 12.9. The molecule has 2 fully saturated rings. The number of benzene rings is 1. The van der Waals surface area contributed by atoms with E-state index in [4.69, 9.17) is 0 Å². The molecule has 2 heterocycles. The molecule has 2 bridgehead atoms. The van der Waals surface area contributed by atoms with Crippen LogP contribution in [0.25, 0.3) is 0 Å². The predicted molar refractivity (Wildman–Crippen MR) is 81.6 cm³/mol. The van der Waals surface area contributed by atoms with Gasteiger partial charge in [-0.25, -0.2) is 8.42 Å². The summed E-state index contributed by atoms with van der Waals surface area (Å²) in [7, 11) is -1.29. The standard InChI is InChI=1S/C14H20N2O2S2/c1-15-9-11-6-7-12(10-15)16(11)20(17,18)14-5-3-4-13(8-14)19-2/h3-5,8,11-12H,6-7,9-10H2,1-2H3. The van der Waals surface area contributed by atoms with Crippen molar-refractivity contribution in [2.75, 3.05) is 26.4 Å². The van der Waals surface area contributed by atoms with Crippen molar-refractivity contribution in [1.29, 1.82) is 0 Å². The molecule has 3 rings (SSSR count). The first-order valence-corrected chi connectivity index (χ1v) is 9.55. The predicted octanol–water partition coefficient (Wildman–Crippen LogP) is 1.88. The van der Waals surface area contributed by atoms with E-state index in [1.807, 2.05) is 18.4 Å². The highest BCUT2D eigenvalue weighted by atomic mass is 32.2. The molecule has 2 saturated heterocycles. The maximum Gasteiger partial charge on any atom is 0.243 e. The molecule has 0 amide bonds. The average molecular weight is 312 g/mol. The largest absolute Gasteiger partial charge is 0.303 e.